The Bertz CT molecular complexity index is 418. The van der Waals surface area contributed by atoms with Crippen LogP contribution in [0.3, 0.4) is 0 Å². The second-order valence-corrected chi connectivity index (χ2v) is 5.25. The van der Waals surface area contributed by atoms with E-state index in [0.29, 0.717) is 39.1 Å². The maximum absolute atomic E-state index is 5.73. The minimum Gasteiger partial charge on any atom is -0.499 e. The van der Waals surface area contributed by atoms with Gasteiger partial charge in [0.05, 0.1) is 37.1 Å². The van der Waals surface area contributed by atoms with Crippen LogP contribution in [-0.2, 0) is 14.2 Å². The second kappa shape index (κ2) is 15.4. The van der Waals surface area contributed by atoms with Gasteiger partial charge in [0.2, 0.25) is 6.71 Å². The van der Waals surface area contributed by atoms with E-state index < -0.39 is 0 Å². The van der Waals surface area contributed by atoms with Crippen molar-refractivity contribution in [1.29, 1.82) is 0 Å². The van der Waals surface area contributed by atoms with Gasteiger partial charge in [-0.15, -0.1) is 19.7 Å². The van der Waals surface area contributed by atoms with Gasteiger partial charge >= 0.3 is 0 Å². The quantitative estimate of drug-likeness (QED) is 0.220. The average Bonchev–Trinajstić information content (AvgIpc) is 2.56. The molecule has 0 aromatic carbocycles. The predicted molar refractivity (Wildman–Crippen MR) is 109 cm³/mol. The van der Waals surface area contributed by atoms with Gasteiger partial charge in [-0.1, -0.05) is 36.2 Å². The molecule has 0 N–H and O–H groups in total. The van der Waals surface area contributed by atoms with Crippen LogP contribution >= 0.6 is 0 Å². The lowest BCUT2D eigenvalue weighted by Crippen LogP contribution is -2.11. The summed E-state index contributed by atoms with van der Waals surface area (Å²) in [5.41, 5.74) is 0. The molecule has 0 bridgehead atoms. The Labute approximate surface area is 154 Å². The molecular formula is C21H33BO3. The first-order valence-electron chi connectivity index (χ1n) is 8.98. The maximum Gasteiger partial charge on any atom is 0.229 e. The van der Waals surface area contributed by atoms with Crippen LogP contribution < -0.4 is 0 Å². The molecule has 25 heavy (non-hydrogen) atoms. The maximum atomic E-state index is 5.73. The van der Waals surface area contributed by atoms with Gasteiger partial charge in [0.15, 0.2) is 0 Å². The fraction of sp³-hybridized carbons (Fsp3) is 0.429. The van der Waals surface area contributed by atoms with Crippen molar-refractivity contribution >= 4 is 6.71 Å². The fourth-order valence-electron chi connectivity index (χ4n) is 2.30. The average molecular weight is 344 g/mol. The summed E-state index contributed by atoms with van der Waals surface area (Å²) in [5.74, 6) is 8.90. The van der Waals surface area contributed by atoms with Gasteiger partial charge in [0, 0.05) is 19.3 Å². The van der Waals surface area contributed by atoms with Gasteiger partial charge in [-0.3, -0.25) is 0 Å². The van der Waals surface area contributed by atoms with Gasteiger partial charge in [-0.25, -0.2) is 0 Å². The molecule has 0 aliphatic carbocycles. The highest BCUT2D eigenvalue weighted by atomic mass is 16.5. The topological polar surface area (TPSA) is 27.7 Å². The Morgan fingerprint density at radius 3 is 1.12 bits per heavy atom. The first-order chi connectivity index (χ1) is 12.1. The molecule has 0 radical (unpaired) electrons. The van der Waals surface area contributed by atoms with Crippen molar-refractivity contribution in [3.8, 4) is 0 Å². The largest absolute Gasteiger partial charge is 0.499 e. The van der Waals surface area contributed by atoms with E-state index in [1.807, 2.05) is 39.0 Å². The van der Waals surface area contributed by atoms with Gasteiger partial charge in [-0.05, 0) is 20.8 Å². The van der Waals surface area contributed by atoms with E-state index in [0.717, 1.165) is 17.3 Å². The van der Waals surface area contributed by atoms with Crippen molar-refractivity contribution < 1.29 is 14.2 Å². The third kappa shape index (κ3) is 11.1. The Balaban J connectivity index is 5.80. The van der Waals surface area contributed by atoms with Crippen LogP contribution in [0.5, 0.6) is 0 Å². The van der Waals surface area contributed by atoms with Crippen molar-refractivity contribution in [2.24, 2.45) is 0 Å². The first-order valence-corrected chi connectivity index (χ1v) is 8.98. The highest BCUT2D eigenvalue weighted by Gasteiger charge is 2.12. The van der Waals surface area contributed by atoms with Gasteiger partial charge in [-0.2, -0.15) is 0 Å². The molecule has 4 heteroatoms. The summed E-state index contributed by atoms with van der Waals surface area (Å²) in [6, 6.07) is 0. The molecule has 0 atom stereocenters. The summed E-state index contributed by atoms with van der Waals surface area (Å²) in [4.78, 5) is 0. The van der Waals surface area contributed by atoms with Gasteiger partial charge in [0.1, 0.15) is 0 Å². The van der Waals surface area contributed by atoms with Crippen LogP contribution in [0, 0.1) is 0 Å². The third-order valence-corrected chi connectivity index (χ3v) is 3.16. The Hall–Kier alpha value is -2.10. The molecule has 0 aromatic heterocycles. The van der Waals surface area contributed by atoms with Crippen molar-refractivity contribution in [1.82, 2.24) is 0 Å². The molecule has 0 saturated carbocycles. The lowest BCUT2D eigenvalue weighted by atomic mass is 9.49. The molecule has 0 heterocycles. The molecule has 138 valence electrons. The summed E-state index contributed by atoms with van der Waals surface area (Å²) >= 11 is 0. The standard InChI is InChI=1S/C21H33BO3/c1-7-13-19(23-10-4)16-22(17-20(14-8-2)24-11-5)18-21(15-9-3)25-12-6/h7-9,16-18H,1-3,10-15H2,4-6H3. The monoisotopic (exact) mass is 344 g/mol. The van der Waals surface area contributed by atoms with Crippen LogP contribution in [0.1, 0.15) is 40.0 Å². The van der Waals surface area contributed by atoms with E-state index in [1.54, 1.807) is 0 Å². The predicted octanol–water partition coefficient (Wildman–Crippen LogP) is 5.59. The molecule has 0 aliphatic heterocycles. The first kappa shape index (κ1) is 22.9. The fourth-order valence-corrected chi connectivity index (χ4v) is 2.30. The van der Waals surface area contributed by atoms with Gasteiger partial charge in [0.25, 0.3) is 0 Å². The molecule has 0 unspecified atom stereocenters. The van der Waals surface area contributed by atoms with E-state index in [-0.39, 0.29) is 6.71 Å². The van der Waals surface area contributed by atoms with E-state index in [4.69, 9.17) is 14.2 Å². The minimum absolute atomic E-state index is 0.00972. The highest BCUT2D eigenvalue weighted by Crippen LogP contribution is 2.14. The Kier molecular flexibility index (Phi) is 14.1. The van der Waals surface area contributed by atoms with E-state index >= 15 is 0 Å². The SMILES string of the molecule is C=CCC(=CB(C=C(CC=C)OCC)C=C(CC=C)OCC)OCC. The van der Waals surface area contributed by atoms with E-state index in [2.05, 4.69) is 37.7 Å². The molecule has 0 fully saturated rings. The number of allylic oxidation sites excluding steroid dienone is 3. The van der Waals surface area contributed by atoms with Gasteiger partial charge < -0.3 is 14.2 Å². The summed E-state index contributed by atoms with van der Waals surface area (Å²) in [5, 5.41) is 0. The normalized spacial score (nSPS) is 12.4. The van der Waals surface area contributed by atoms with Crippen molar-refractivity contribution in [3.05, 3.63) is 73.2 Å². The lowest BCUT2D eigenvalue weighted by molar-refractivity contribution is 0.223. The molecule has 0 saturated heterocycles. The van der Waals surface area contributed by atoms with Crippen LogP contribution in [-0.4, -0.2) is 26.5 Å². The van der Waals surface area contributed by atoms with E-state index in [9.17, 15) is 0 Å². The zero-order valence-corrected chi connectivity index (χ0v) is 16.1. The third-order valence-electron chi connectivity index (χ3n) is 3.16. The summed E-state index contributed by atoms with van der Waals surface area (Å²) in [6.45, 7) is 19.2. The highest BCUT2D eigenvalue weighted by molar-refractivity contribution is 6.74. The second-order valence-electron chi connectivity index (χ2n) is 5.25. The van der Waals surface area contributed by atoms with E-state index in [1.165, 1.54) is 0 Å². The summed E-state index contributed by atoms with van der Waals surface area (Å²) < 4.78 is 17.2. The van der Waals surface area contributed by atoms with Crippen LogP contribution in [0.25, 0.3) is 0 Å². The molecule has 0 aromatic rings. The van der Waals surface area contributed by atoms with Crippen molar-refractivity contribution in [2.75, 3.05) is 19.8 Å². The molecule has 3 nitrogen and oxygen atoms in total. The van der Waals surface area contributed by atoms with Crippen LogP contribution in [0.4, 0.5) is 0 Å². The Morgan fingerprint density at radius 2 is 0.920 bits per heavy atom. The van der Waals surface area contributed by atoms with Crippen molar-refractivity contribution in [2.45, 2.75) is 40.0 Å². The number of rotatable bonds is 15. The smallest absolute Gasteiger partial charge is 0.229 e. The molecular weight excluding hydrogens is 311 g/mol. The molecule has 0 aliphatic rings. The minimum atomic E-state index is -0.00972. The number of ether oxygens (including phenoxy) is 3. The molecule has 0 rings (SSSR count). The lowest BCUT2D eigenvalue weighted by Gasteiger charge is -2.13. The van der Waals surface area contributed by atoms with Crippen molar-refractivity contribution in [3.63, 3.8) is 0 Å². The zero-order valence-electron chi connectivity index (χ0n) is 16.1. The Morgan fingerprint density at radius 1 is 0.640 bits per heavy atom. The summed E-state index contributed by atoms with van der Waals surface area (Å²) in [7, 11) is 0. The molecule has 0 spiro atoms. The van der Waals surface area contributed by atoms with Crippen LogP contribution in [0.2, 0.25) is 0 Å². The number of hydrogen-bond acceptors (Lipinski definition) is 3. The zero-order chi connectivity index (χ0) is 18.9. The number of hydrogen-bond donors (Lipinski definition) is 0. The van der Waals surface area contributed by atoms with Crippen LogP contribution in [0.15, 0.2) is 73.2 Å². The summed E-state index contributed by atoms with van der Waals surface area (Å²) in [6.07, 6.45) is 7.57. The molecule has 0 amide bonds.